The van der Waals surface area contributed by atoms with Crippen LogP contribution in [0.25, 0.3) is 0 Å². The van der Waals surface area contributed by atoms with Gasteiger partial charge in [-0.25, -0.2) is 0 Å². The molecule has 0 aliphatic rings. The molecular formula is C14H20O2. The summed E-state index contributed by atoms with van der Waals surface area (Å²) in [6.07, 6.45) is 3.02. The fraction of sp³-hybridized carbons (Fsp3) is 0.500. The molecule has 0 heterocycles. The van der Waals surface area contributed by atoms with Gasteiger partial charge in [0.15, 0.2) is 0 Å². The first-order valence-electron chi connectivity index (χ1n) is 5.83. The van der Waals surface area contributed by atoms with Crippen LogP contribution in [0.1, 0.15) is 40.0 Å². The smallest absolute Gasteiger partial charge is 0.316 e. The van der Waals surface area contributed by atoms with Gasteiger partial charge >= 0.3 is 5.97 Å². The van der Waals surface area contributed by atoms with Crippen molar-refractivity contribution in [1.29, 1.82) is 0 Å². The lowest BCUT2D eigenvalue weighted by atomic mass is 9.87. The standard InChI is InChI=1S/C14H20O2/c1-4-5-11-14(2,3)13(15)16-12-9-7-6-8-10-12/h6-10H,4-5,11H2,1-3H3. The van der Waals surface area contributed by atoms with E-state index < -0.39 is 5.41 Å². The van der Waals surface area contributed by atoms with Crippen molar-refractivity contribution in [2.24, 2.45) is 5.41 Å². The predicted molar refractivity (Wildman–Crippen MR) is 65.4 cm³/mol. The molecule has 0 fully saturated rings. The van der Waals surface area contributed by atoms with Crippen LogP contribution in [0.4, 0.5) is 0 Å². The summed E-state index contributed by atoms with van der Waals surface area (Å²) in [6.45, 7) is 6.00. The zero-order valence-electron chi connectivity index (χ0n) is 10.3. The molecule has 0 spiro atoms. The highest BCUT2D eigenvalue weighted by atomic mass is 16.5. The average molecular weight is 220 g/mol. The van der Waals surface area contributed by atoms with Crippen LogP contribution < -0.4 is 4.74 Å². The maximum Gasteiger partial charge on any atom is 0.316 e. The summed E-state index contributed by atoms with van der Waals surface area (Å²) in [4.78, 5) is 11.9. The number of unbranched alkanes of at least 4 members (excludes halogenated alkanes) is 1. The highest BCUT2D eigenvalue weighted by molar-refractivity contribution is 5.78. The molecule has 0 N–H and O–H groups in total. The Bertz CT molecular complexity index is 328. The Morgan fingerprint density at radius 2 is 1.88 bits per heavy atom. The second kappa shape index (κ2) is 5.69. The van der Waals surface area contributed by atoms with Crippen LogP contribution in [0.5, 0.6) is 5.75 Å². The van der Waals surface area contributed by atoms with E-state index in [1.165, 1.54) is 0 Å². The Morgan fingerprint density at radius 3 is 2.44 bits per heavy atom. The van der Waals surface area contributed by atoms with Gasteiger partial charge in [-0.05, 0) is 32.4 Å². The summed E-state index contributed by atoms with van der Waals surface area (Å²) in [7, 11) is 0. The number of hydrogen-bond acceptors (Lipinski definition) is 2. The van der Waals surface area contributed by atoms with Crippen LogP contribution >= 0.6 is 0 Å². The van der Waals surface area contributed by atoms with Gasteiger partial charge in [0.05, 0.1) is 5.41 Å². The van der Waals surface area contributed by atoms with Crippen LogP contribution in [-0.4, -0.2) is 5.97 Å². The van der Waals surface area contributed by atoms with Crippen LogP contribution in [0.2, 0.25) is 0 Å². The van der Waals surface area contributed by atoms with Gasteiger partial charge < -0.3 is 4.74 Å². The third-order valence-corrected chi connectivity index (χ3v) is 2.66. The molecule has 0 radical (unpaired) electrons. The molecule has 1 aromatic rings. The van der Waals surface area contributed by atoms with Crippen molar-refractivity contribution in [2.45, 2.75) is 40.0 Å². The number of carbonyl (C=O) groups is 1. The third-order valence-electron chi connectivity index (χ3n) is 2.66. The Balaban J connectivity index is 2.58. The van der Waals surface area contributed by atoms with E-state index in [0.717, 1.165) is 19.3 Å². The van der Waals surface area contributed by atoms with Crippen molar-refractivity contribution in [3.05, 3.63) is 30.3 Å². The zero-order chi connectivity index (χ0) is 12.0. The van der Waals surface area contributed by atoms with Gasteiger partial charge in [-0.15, -0.1) is 0 Å². The quantitative estimate of drug-likeness (QED) is 0.557. The first-order valence-corrected chi connectivity index (χ1v) is 5.83. The molecule has 0 unspecified atom stereocenters. The predicted octanol–water partition coefficient (Wildman–Crippen LogP) is 3.81. The second-order valence-electron chi connectivity index (χ2n) is 4.69. The number of benzene rings is 1. The first-order chi connectivity index (χ1) is 7.56. The third kappa shape index (κ3) is 3.69. The Morgan fingerprint density at radius 1 is 1.25 bits per heavy atom. The molecular weight excluding hydrogens is 200 g/mol. The van der Waals surface area contributed by atoms with Crippen molar-refractivity contribution < 1.29 is 9.53 Å². The second-order valence-corrected chi connectivity index (χ2v) is 4.69. The number of carbonyl (C=O) groups excluding carboxylic acids is 1. The van der Waals surface area contributed by atoms with E-state index >= 15 is 0 Å². The molecule has 0 aliphatic heterocycles. The number of hydrogen-bond donors (Lipinski definition) is 0. The monoisotopic (exact) mass is 220 g/mol. The van der Waals surface area contributed by atoms with Gasteiger partial charge in [-0.2, -0.15) is 0 Å². The van der Waals surface area contributed by atoms with Crippen molar-refractivity contribution in [3.8, 4) is 5.75 Å². The van der Waals surface area contributed by atoms with E-state index in [0.29, 0.717) is 5.75 Å². The van der Waals surface area contributed by atoms with Gasteiger partial charge in [0.2, 0.25) is 0 Å². The lowest BCUT2D eigenvalue weighted by Gasteiger charge is -2.21. The summed E-state index contributed by atoms with van der Waals surface area (Å²) >= 11 is 0. The lowest BCUT2D eigenvalue weighted by molar-refractivity contribution is -0.144. The molecule has 2 heteroatoms. The lowest BCUT2D eigenvalue weighted by Crippen LogP contribution is -2.28. The van der Waals surface area contributed by atoms with Crippen molar-refractivity contribution >= 4 is 5.97 Å². The Kier molecular flexibility index (Phi) is 4.53. The summed E-state index contributed by atoms with van der Waals surface area (Å²) in [5.74, 6) is 0.476. The van der Waals surface area contributed by atoms with E-state index in [2.05, 4.69) is 6.92 Å². The van der Waals surface area contributed by atoms with Crippen LogP contribution in [0, 0.1) is 5.41 Å². The zero-order valence-corrected chi connectivity index (χ0v) is 10.3. The van der Waals surface area contributed by atoms with Crippen LogP contribution in [0.3, 0.4) is 0 Å². The van der Waals surface area contributed by atoms with E-state index in [4.69, 9.17) is 4.74 Å². The van der Waals surface area contributed by atoms with Gasteiger partial charge in [0.1, 0.15) is 5.75 Å². The maximum atomic E-state index is 11.9. The minimum Gasteiger partial charge on any atom is -0.426 e. The number of para-hydroxylation sites is 1. The normalized spacial score (nSPS) is 11.2. The van der Waals surface area contributed by atoms with Crippen molar-refractivity contribution in [2.75, 3.05) is 0 Å². The summed E-state index contributed by atoms with van der Waals surface area (Å²) in [5.41, 5.74) is -0.397. The topological polar surface area (TPSA) is 26.3 Å². The Hall–Kier alpha value is -1.31. The molecule has 0 saturated heterocycles. The van der Waals surface area contributed by atoms with Crippen LogP contribution in [0.15, 0.2) is 30.3 Å². The SMILES string of the molecule is CCCCC(C)(C)C(=O)Oc1ccccc1. The van der Waals surface area contributed by atoms with Gasteiger partial charge in [0, 0.05) is 0 Å². The molecule has 0 aromatic heterocycles. The largest absolute Gasteiger partial charge is 0.426 e. The fourth-order valence-corrected chi connectivity index (χ4v) is 1.45. The van der Waals surface area contributed by atoms with E-state index in [1.54, 1.807) is 12.1 Å². The summed E-state index contributed by atoms with van der Waals surface area (Å²) in [5, 5.41) is 0. The molecule has 0 bridgehead atoms. The summed E-state index contributed by atoms with van der Waals surface area (Å²) in [6, 6.07) is 9.23. The summed E-state index contributed by atoms with van der Waals surface area (Å²) < 4.78 is 5.34. The van der Waals surface area contributed by atoms with E-state index in [1.807, 2.05) is 32.0 Å². The van der Waals surface area contributed by atoms with E-state index in [-0.39, 0.29) is 5.97 Å². The minimum absolute atomic E-state index is 0.146. The highest BCUT2D eigenvalue weighted by Gasteiger charge is 2.28. The molecule has 0 aliphatic carbocycles. The van der Waals surface area contributed by atoms with Crippen molar-refractivity contribution in [1.82, 2.24) is 0 Å². The number of rotatable bonds is 5. The van der Waals surface area contributed by atoms with Gasteiger partial charge in [-0.3, -0.25) is 4.79 Å². The van der Waals surface area contributed by atoms with E-state index in [9.17, 15) is 4.79 Å². The van der Waals surface area contributed by atoms with Gasteiger partial charge in [0.25, 0.3) is 0 Å². The minimum atomic E-state index is -0.397. The molecule has 1 aromatic carbocycles. The van der Waals surface area contributed by atoms with Crippen LogP contribution in [-0.2, 0) is 4.79 Å². The molecule has 1 rings (SSSR count). The molecule has 0 amide bonds. The average Bonchev–Trinajstić information content (AvgIpc) is 2.28. The molecule has 2 nitrogen and oxygen atoms in total. The fourth-order valence-electron chi connectivity index (χ4n) is 1.45. The highest BCUT2D eigenvalue weighted by Crippen LogP contribution is 2.26. The van der Waals surface area contributed by atoms with Gasteiger partial charge in [-0.1, -0.05) is 38.0 Å². The first kappa shape index (κ1) is 12.8. The molecule has 16 heavy (non-hydrogen) atoms. The Labute approximate surface area is 97.6 Å². The molecule has 0 saturated carbocycles. The maximum absolute atomic E-state index is 11.9. The molecule has 0 atom stereocenters. The molecule has 88 valence electrons. The van der Waals surface area contributed by atoms with Crippen molar-refractivity contribution in [3.63, 3.8) is 0 Å². The number of esters is 1. The number of ether oxygens (including phenoxy) is 1.